The number of hydrogen-bond donors (Lipinski definition) is 1. The van der Waals surface area contributed by atoms with Gasteiger partial charge in [-0.05, 0) is 33.1 Å². The topological polar surface area (TPSA) is 125 Å². The summed E-state index contributed by atoms with van der Waals surface area (Å²) in [7, 11) is -7.26. The highest BCUT2D eigenvalue weighted by Crippen LogP contribution is 2.12. The zero-order chi connectivity index (χ0) is 19.2. The Morgan fingerprint density at radius 2 is 1.46 bits per heavy atom. The highest BCUT2D eigenvalue weighted by atomic mass is 32.2. The summed E-state index contributed by atoms with van der Waals surface area (Å²) in [6.45, 7) is 6.40. The van der Waals surface area contributed by atoms with E-state index in [-0.39, 0.29) is 25.6 Å². The first-order chi connectivity index (χ1) is 10.6. The number of amides is 1. The van der Waals surface area contributed by atoms with E-state index in [0.29, 0.717) is 0 Å². The van der Waals surface area contributed by atoms with Crippen LogP contribution in [0.1, 0.15) is 34.1 Å². The standard InChI is InChI=1S/C13H27NO8S2/c1-10(8-20-23(5,16)17)7-11(9-21-24(6,18)19)14-12(15)22-13(2,3)4/h10-11H,7-9H2,1-6H3,(H,14,15)/t10?,11-/m1/s1. The molecule has 9 nitrogen and oxygen atoms in total. The third kappa shape index (κ3) is 14.7. The van der Waals surface area contributed by atoms with E-state index in [1.807, 2.05) is 0 Å². The first-order valence-electron chi connectivity index (χ1n) is 7.26. The van der Waals surface area contributed by atoms with Crippen molar-refractivity contribution in [2.75, 3.05) is 25.7 Å². The minimum Gasteiger partial charge on any atom is -0.444 e. The zero-order valence-electron chi connectivity index (χ0n) is 14.9. The number of carbonyl (C=O) groups is 1. The molecule has 0 bridgehead atoms. The Balaban J connectivity index is 4.76. The molecule has 0 aromatic carbocycles. The maximum absolute atomic E-state index is 11.8. The van der Waals surface area contributed by atoms with Crippen molar-refractivity contribution in [3.05, 3.63) is 0 Å². The van der Waals surface area contributed by atoms with Gasteiger partial charge in [0.2, 0.25) is 0 Å². The largest absolute Gasteiger partial charge is 0.444 e. The lowest BCUT2D eigenvalue weighted by Gasteiger charge is -2.25. The van der Waals surface area contributed by atoms with Crippen LogP contribution in [-0.4, -0.2) is 60.3 Å². The third-order valence-corrected chi connectivity index (χ3v) is 3.59. The number of carbonyl (C=O) groups excluding carboxylic acids is 1. The van der Waals surface area contributed by atoms with E-state index in [9.17, 15) is 21.6 Å². The molecule has 0 aliphatic rings. The normalized spacial score (nSPS) is 15.6. The summed E-state index contributed by atoms with van der Waals surface area (Å²) >= 11 is 0. The number of alkyl carbamates (subject to hydrolysis) is 1. The fraction of sp³-hybridized carbons (Fsp3) is 0.923. The fourth-order valence-electron chi connectivity index (χ4n) is 1.64. The SMILES string of the molecule is CC(COS(C)(=O)=O)C[C@H](COS(C)(=O)=O)NC(=O)OC(C)(C)C. The van der Waals surface area contributed by atoms with E-state index in [2.05, 4.69) is 5.32 Å². The Kier molecular flexibility index (Phi) is 8.63. The van der Waals surface area contributed by atoms with Crippen molar-refractivity contribution in [3.63, 3.8) is 0 Å². The van der Waals surface area contributed by atoms with E-state index < -0.39 is 38.0 Å². The second-order valence-electron chi connectivity index (χ2n) is 6.66. The van der Waals surface area contributed by atoms with Crippen LogP contribution >= 0.6 is 0 Å². The number of nitrogens with one attached hydrogen (secondary N) is 1. The fourth-order valence-corrected chi connectivity index (χ4v) is 2.53. The molecule has 0 aromatic heterocycles. The van der Waals surface area contributed by atoms with Gasteiger partial charge < -0.3 is 10.1 Å². The maximum atomic E-state index is 11.8. The molecule has 0 radical (unpaired) electrons. The third-order valence-electron chi connectivity index (χ3n) is 2.46. The Morgan fingerprint density at radius 1 is 1.00 bits per heavy atom. The van der Waals surface area contributed by atoms with Crippen molar-refractivity contribution in [1.82, 2.24) is 5.32 Å². The molecule has 1 amide bonds. The number of ether oxygens (including phenoxy) is 1. The van der Waals surface area contributed by atoms with Crippen molar-refractivity contribution in [2.24, 2.45) is 5.92 Å². The van der Waals surface area contributed by atoms with E-state index >= 15 is 0 Å². The molecule has 0 saturated heterocycles. The van der Waals surface area contributed by atoms with Gasteiger partial charge in [0.25, 0.3) is 20.2 Å². The van der Waals surface area contributed by atoms with Gasteiger partial charge in [0.1, 0.15) is 5.60 Å². The first-order valence-corrected chi connectivity index (χ1v) is 10.9. The van der Waals surface area contributed by atoms with Crippen molar-refractivity contribution >= 4 is 26.3 Å². The minimum absolute atomic E-state index is 0.0930. The van der Waals surface area contributed by atoms with Crippen LogP contribution in [0, 0.1) is 5.92 Å². The van der Waals surface area contributed by atoms with Gasteiger partial charge in [0.15, 0.2) is 0 Å². The van der Waals surface area contributed by atoms with Gasteiger partial charge in [0.05, 0.1) is 31.8 Å². The lowest BCUT2D eigenvalue weighted by Crippen LogP contribution is -2.43. The molecule has 0 aliphatic carbocycles. The van der Waals surface area contributed by atoms with Crippen molar-refractivity contribution in [1.29, 1.82) is 0 Å². The van der Waals surface area contributed by atoms with Crippen LogP contribution in [0.4, 0.5) is 4.79 Å². The molecule has 0 rings (SSSR count). The molecule has 0 aromatic rings. The van der Waals surface area contributed by atoms with Gasteiger partial charge in [-0.2, -0.15) is 16.8 Å². The highest BCUT2D eigenvalue weighted by Gasteiger charge is 2.23. The van der Waals surface area contributed by atoms with Crippen LogP contribution < -0.4 is 5.32 Å². The molecule has 11 heteroatoms. The predicted octanol–water partition coefficient (Wildman–Crippen LogP) is 0.858. The van der Waals surface area contributed by atoms with Crippen molar-refractivity contribution < 1.29 is 34.7 Å². The predicted molar refractivity (Wildman–Crippen MR) is 88.5 cm³/mol. The molecule has 0 spiro atoms. The average Bonchev–Trinajstić information content (AvgIpc) is 2.29. The number of hydrogen-bond acceptors (Lipinski definition) is 8. The molecule has 144 valence electrons. The van der Waals surface area contributed by atoms with Crippen LogP contribution in [0.15, 0.2) is 0 Å². The first kappa shape index (κ1) is 23.1. The molecule has 0 saturated carbocycles. The van der Waals surface area contributed by atoms with Gasteiger partial charge in [-0.1, -0.05) is 6.92 Å². The molecule has 0 heterocycles. The molecular formula is C13H27NO8S2. The van der Waals surface area contributed by atoms with Crippen LogP contribution in [0.25, 0.3) is 0 Å². The second kappa shape index (κ2) is 8.97. The van der Waals surface area contributed by atoms with Gasteiger partial charge in [-0.25, -0.2) is 4.79 Å². The molecule has 0 fully saturated rings. The van der Waals surface area contributed by atoms with Gasteiger partial charge in [-0.15, -0.1) is 0 Å². The smallest absolute Gasteiger partial charge is 0.407 e. The monoisotopic (exact) mass is 389 g/mol. The van der Waals surface area contributed by atoms with E-state index in [4.69, 9.17) is 13.1 Å². The van der Waals surface area contributed by atoms with E-state index in [1.165, 1.54) is 0 Å². The quantitative estimate of drug-likeness (QED) is 0.576. The summed E-state index contributed by atoms with van der Waals surface area (Å²) in [5, 5.41) is 2.52. The van der Waals surface area contributed by atoms with Gasteiger partial charge in [0, 0.05) is 0 Å². The minimum atomic E-state index is -3.68. The maximum Gasteiger partial charge on any atom is 0.407 e. The average molecular weight is 389 g/mol. The lowest BCUT2D eigenvalue weighted by atomic mass is 10.0. The lowest BCUT2D eigenvalue weighted by molar-refractivity contribution is 0.0476. The summed E-state index contributed by atoms with van der Waals surface area (Å²) < 4.78 is 58.8. The number of rotatable bonds is 9. The molecule has 0 aliphatic heterocycles. The molecule has 1 unspecified atom stereocenters. The zero-order valence-corrected chi connectivity index (χ0v) is 16.5. The molecular weight excluding hydrogens is 362 g/mol. The van der Waals surface area contributed by atoms with Crippen molar-refractivity contribution in [3.8, 4) is 0 Å². The Bertz CT molecular complexity index is 606. The summed E-state index contributed by atoms with van der Waals surface area (Å²) in [5.41, 5.74) is -0.711. The summed E-state index contributed by atoms with van der Waals surface area (Å²) in [4.78, 5) is 11.8. The van der Waals surface area contributed by atoms with E-state index in [1.54, 1.807) is 27.7 Å². The van der Waals surface area contributed by atoms with Gasteiger partial charge in [-0.3, -0.25) is 8.37 Å². The summed E-state index contributed by atoms with van der Waals surface area (Å²) in [5.74, 6) is -0.275. The van der Waals surface area contributed by atoms with Crippen LogP contribution in [-0.2, 0) is 33.3 Å². The van der Waals surface area contributed by atoms with Crippen LogP contribution in [0.2, 0.25) is 0 Å². The molecule has 1 N–H and O–H groups in total. The highest BCUT2D eigenvalue weighted by molar-refractivity contribution is 7.86. The van der Waals surface area contributed by atoms with E-state index in [0.717, 1.165) is 12.5 Å². The van der Waals surface area contributed by atoms with Gasteiger partial charge >= 0.3 is 6.09 Å². The molecule has 24 heavy (non-hydrogen) atoms. The van der Waals surface area contributed by atoms with Crippen molar-refractivity contribution in [2.45, 2.75) is 45.8 Å². The Morgan fingerprint density at radius 3 is 1.88 bits per heavy atom. The second-order valence-corrected chi connectivity index (χ2v) is 9.95. The Hall–Kier alpha value is -0.910. The summed E-state index contributed by atoms with van der Waals surface area (Å²) in [6, 6.07) is -0.687. The Labute approximate surface area is 144 Å². The summed E-state index contributed by atoms with van der Waals surface area (Å²) in [6.07, 6.45) is 1.35. The van der Waals surface area contributed by atoms with Crippen LogP contribution in [0.5, 0.6) is 0 Å². The van der Waals surface area contributed by atoms with Crippen LogP contribution in [0.3, 0.4) is 0 Å². The molecule has 2 atom stereocenters.